The topological polar surface area (TPSA) is 29.5 Å². The maximum absolute atomic E-state index is 11.9. The first kappa shape index (κ1) is 14.3. The Kier molecular flexibility index (Phi) is 4.84. The predicted octanol–water partition coefficient (Wildman–Crippen LogP) is 3.82. The molecule has 100 valence electrons. The first-order chi connectivity index (χ1) is 7.83. The highest BCUT2D eigenvalue weighted by Crippen LogP contribution is 2.29. The number of ether oxygens (including phenoxy) is 1. The van der Waals surface area contributed by atoms with Crippen molar-refractivity contribution in [2.75, 3.05) is 7.05 Å². The van der Waals surface area contributed by atoms with Gasteiger partial charge in [-0.3, -0.25) is 0 Å². The second-order valence-electron chi connectivity index (χ2n) is 6.17. The molecule has 1 aliphatic rings. The Morgan fingerprint density at radius 3 is 2.18 bits per heavy atom. The van der Waals surface area contributed by atoms with Crippen molar-refractivity contribution in [1.82, 2.24) is 4.90 Å². The number of carbonyl (C=O) groups is 1. The van der Waals surface area contributed by atoms with E-state index in [0.717, 1.165) is 18.8 Å². The zero-order chi connectivity index (χ0) is 13.1. The lowest BCUT2D eigenvalue weighted by molar-refractivity contribution is 0.0172. The SMILES string of the molecule is CC[C@H]1CC[C@@H](N(C)C(=O)OC(C)(C)C)CC1. The van der Waals surface area contributed by atoms with Crippen molar-refractivity contribution in [2.45, 2.75) is 71.4 Å². The fraction of sp³-hybridized carbons (Fsp3) is 0.929. The van der Waals surface area contributed by atoms with Crippen LogP contribution < -0.4 is 0 Å². The summed E-state index contributed by atoms with van der Waals surface area (Å²) in [6.45, 7) is 7.98. The third-order valence-electron chi connectivity index (χ3n) is 3.62. The molecule has 0 N–H and O–H groups in total. The van der Waals surface area contributed by atoms with E-state index in [9.17, 15) is 4.79 Å². The van der Waals surface area contributed by atoms with Gasteiger partial charge in [-0.25, -0.2) is 4.79 Å². The van der Waals surface area contributed by atoms with Crippen LogP contribution in [0, 0.1) is 5.92 Å². The van der Waals surface area contributed by atoms with Crippen LogP contribution in [-0.2, 0) is 4.74 Å². The van der Waals surface area contributed by atoms with Gasteiger partial charge in [-0.15, -0.1) is 0 Å². The second kappa shape index (κ2) is 5.74. The van der Waals surface area contributed by atoms with Gasteiger partial charge < -0.3 is 9.64 Å². The molecule has 0 bridgehead atoms. The van der Waals surface area contributed by atoms with Crippen LogP contribution in [0.25, 0.3) is 0 Å². The molecule has 17 heavy (non-hydrogen) atoms. The van der Waals surface area contributed by atoms with Crippen LogP contribution in [0.1, 0.15) is 59.8 Å². The Morgan fingerprint density at radius 2 is 1.76 bits per heavy atom. The predicted molar refractivity (Wildman–Crippen MR) is 70.0 cm³/mol. The lowest BCUT2D eigenvalue weighted by Crippen LogP contribution is -2.42. The summed E-state index contributed by atoms with van der Waals surface area (Å²) in [5, 5.41) is 0. The molecule has 1 saturated carbocycles. The number of rotatable bonds is 2. The minimum atomic E-state index is -0.397. The molecule has 0 aromatic heterocycles. The normalized spacial score (nSPS) is 25.5. The highest BCUT2D eigenvalue weighted by molar-refractivity contribution is 5.68. The maximum atomic E-state index is 11.9. The number of hydrogen-bond acceptors (Lipinski definition) is 2. The van der Waals surface area contributed by atoms with Gasteiger partial charge in [-0.1, -0.05) is 13.3 Å². The minimum Gasteiger partial charge on any atom is -0.444 e. The molecule has 0 unspecified atom stereocenters. The minimum absolute atomic E-state index is 0.183. The summed E-state index contributed by atoms with van der Waals surface area (Å²) in [7, 11) is 1.87. The summed E-state index contributed by atoms with van der Waals surface area (Å²) >= 11 is 0. The maximum Gasteiger partial charge on any atom is 0.410 e. The fourth-order valence-corrected chi connectivity index (χ4v) is 2.42. The molecule has 0 spiro atoms. The zero-order valence-electron chi connectivity index (χ0n) is 12.0. The van der Waals surface area contributed by atoms with Gasteiger partial charge in [-0.05, 0) is 52.4 Å². The van der Waals surface area contributed by atoms with Gasteiger partial charge in [0.15, 0.2) is 0 Å². The average molecular weight is 241 g/mol. The number of amides is 1. The number of carbonyl (C=O) groups excluding carboxylic acids is 1. The molecule has 0 atom stereocenters. The quantitative estimate of drug-likeness (QED) is 0.735. The summed E-state index contributed by atoms with van der Waals surface area (Å²) in [4.78, 5) is 13.7. The van der Waals surface area contributed by atoms with E-state index in [2.05, 4.69) is 6.92 Å². The molecular weight excluding hydrogens is 214 g/mol. The monoisotopic (exact) mass is 241 g/mol. The van der Waals surface area contributed by atoms with E-state index in [-0.39, 0.29) is 6.09 Å². The first-order valence-corrected chi connectivity index (χ1v) is 6.79. The molecule has 1 aliphatic carbocycles. The Bertz CT molecular complexity index is 249. The van der Waals surface area contributed by atoms with Gasteiger partial charge in [0.05, 0.1) is 0 Å². The number of nitrogens with zero attached hydrogens (tertiary/aromatic N) is 1. The summed E-state index contributed by atoms with van der Waals surface area (Å²) < 4.78 is 5.39. The van der Waals surface area contributed by atoms with Crippen molar-refractivity contribution in [1.29, 1.82) is 0 Å². The molecule has 3 heteroatoms. The Hall–Kier alpha value is -0.730. The van der Waals surface area contributed by atoms with Crippen molar-refractivity contribution in [2.24, 2.45) is 5.92 Å². The third-order valence-corrected chi connectivity index (χ3v) is 3.62. The van der Waals surface area contributed by atoms with Crippen LogP contribution in [0.5, 0.6) is 0 Å². The van der Waals surface area contributed by atoms with Gasteiger partial charge in [0.2, 0.25) is 0 Å². The summed E-state index contributed by atoms with van der Waals surface area (Å²) in [6.07, 6.45) is 5.81. The standard InChI is InChI=1S/C14H27NO2/c1-6-11-7-9-12(10-8-11)15(5)13(16)17-14(2,3)4/h11-12H,6-10H2,1-5H3/t11-,12+. The summed E-state index contributed by atoms with van der Waals surface area (Å²) in [6, 6.07) is 0.368. The molecule has 1 amide bonds. The highest BCUT2D eigenvalue weighted by atomic mass is 16.6. The largest absolute Gasteiger partial charge is 0.444 e. The van der Waals surface area contributed by atoms with Crippen LogP contribution in [-0.4, -0.2) is 29.7 Å². The van der Waals surface area contributed by atoms with E-state index in [1.807, 2.05) is 27.8 Å². The molecular formula is C14H27NO2. The molecule has 0 heterocycles. The van der Waals surface area contributed by atoms with Gasteiger partial charge in [0, 0.05) is 13.1 Å². The zero-order valence-corrected chi connectivity index (χ0v) is 12.0. The smallest absolute Gasteiger partial charge is 0.410 e. The van der Waals surface area contributed by atoms with Crippen molar-refractivity contribution >= 4 is 6.09 Å². The van der Waals surface area contributed by atoms with E-state index in [0.29, 0.717) is 6.04 Å². The van der Waals surface area contributed by atoms with Gasteiger partial charge in [0.1, 0.15) is 5.60 Å². The van der Waals surface area contributed by atoms with E-state index in [1.165, 1.54) is 19.3 Å². The molecule has 3 nitrogen and oxygen atoms in total. The lowest BCUT2D eigenvalue weighted by atomic mass is 9.84. The van der Waals surface area contributed by atoms with E-state index in [1.54, 1.807) is 4.90 Å². The van der Waals surface area contributed by atoms with Gasteiger partial charge in [0.25, 0.3) is 0 Å². The van der Waals surface area contributed by atoms with Crippen molar-refractivity contribution in [3.63, 3.8) is 0 Å². The summed E-state index contributed by atoms with van der Waals surface area (Å²) in [5.74, 6) is 0.860. The van der Waals surface area contributed by atoms with Crippen LogP contribution >= 0.6 is 0 Å². The van der Waals surface area contributed by atoms with Crippen LogP contribution in [0.2, 0.25) is 0 Å². The fourth-order valence-electron chi connectivity index (χ4n) is 2.42. The Balaban J connectivity index is 2.43. The number of hydrogen-bond donors (Lipinski definition) is 0. The van der Waals surface area contributed by atoms with Crippen molar-refractivity contribution in [3.05, 3.63) is 0 Å². The molecule has 1 fully saturated rings. The van der Waals surface area contributed by atoms with Gasteiger partial charge >= 0.3 is 6.09 Å². The summed E-state index contributed by atoms with van der Waals surface area (Å²) in [5.41, 5.74) is -0.397. The Morgan fingerprint density at radius 1 is 1.24 bits per heavy atom. The third kappa shape index (κ3) is 4.57. The molecule has 0 aromatic rings. The van der Waals surface area contributed by atoms with Crippen LogP contribution in [0.15, 0.2) is 0 Å². The van der Waals surface area contributed by atoms with E-state index in [4.69, 9.17) is 4.74 Å². The Labute approximate surface area is 106 Å². The highest BCUT2D eigenvalue weighted by Gasteiger charge is 2.28. The molecule has 0 aromatic carbocycles. The van der Waals surface area contributed by atoms with Crippen molar-refractivity contribution in [3.8, 4) is 0 Å². The lowest BCUT2D eigenvalue weighted by Gasteiger charge is -2.35. The van der Waals surface area contributed by atoms with Gasteiger partial charge in [-0.2, -0.15) is 0 Å². The van der Waals surface area contributed by atoms with E-state index >= 15 is 0 Å². The first-order valence-electron chi connectivity index (χ1n) is 6.79. The molecule has 0 aliphatic heterocycles. The molecule has 1 rings (SSSR count). The average Bonchev–Trinajstić information content (AvgIpc) is 2.26. The van der Waals surface area contributed by atoms with E-state index < -0.39 is 5.60 Å². The van der Waals surface area contributed by atoms with Crippen LogP contribution in [0.3, 0.4) is 0 Å². The van der Waals surface area contributed by atoms with Crippen LogP contribution in [0.4, 0.5) is 4.79 Å². The van der Waals surface area contributed by atoms with Crippen molar-refractivity contribution < 1.29 is 9.53 Å². The molecule has 0 radical (unpaired) electrons. The molecule has 0 saturated heterocycles. The second-order valence-corrected chi connectivity index (χ2v) is 6.17.